The van der Waals surface area contributed by atoms with Gasteiger partial charge in [-0.3, -0.25) is 0 Å². The average Bonchev–Trinajstić information content (AvgIpc) is 1.87. The van der Waals surface area contributed by atoms with E-state index >= 15 is 0 Å². The van der Waals surface area contributed by atoms with Crippen LogP contribution in [0, 0.1) is 0 Å². The maximum atomic E-state index is 10.2. The zero-order valence-corrected chi connectivity index (χ0v) is 7.14. The molecule has 0 aliphatic rings. The number of halogens is 1. The van der Waals surface area contributed by atoms with Crippen LogP contribution in [0.1, 0.15) is 6.42 Å². The molecule has 0 radical (unpaired) electrons. The summed E-state index contributed by atoms with van der Waals surface area (Å²) in [6, 6.07) is 0. The highest BCUT2D eigenvalue weighted by atomic mass is 35.5. The van der Waals surface area contributed by atoms with E-state index < -0.39 is 13.6 Å². The Morgan fingerprint density at radius 3 is 2.36 bits per heavy atom. The third-order valence-electron chi connectivity index (χ3n) is 0.970. The summed E-state index contributed by atoms with van der Waals surface area (Å²) >= 11 is 5.11. The van der Waals surface area contributed by atoms with Crippen molar-refractivity contribution in [3.05, 3.63) is 11.1 Å². The van der Waals surface area contributed by atoms with Crippen LogP contribution >= 0.6 is 19.3 Å². The summed E-state index contributed by atoms with van der Waals surface area (Å²) in [5.41, 5.74) is 0.784. The first kappa shape index (κ1) is 10.4. The predicted octanol–water partition coefficient (Wildman–Crippen LogP) is 1.76. The Hall–Kier alpha value is -0.600. The van der Waals surface area contributed by atoms with Crippen molar-refractivity contribution < 1.29 is 19.0 Å². The number of aliphatic carboxylic acids is 1. The van der Waals surface area contributed by atoms with Crippen LogP contribution in [0.3, 0.4) is 0 Å². The molecule has 62 valence electrons. The summed E-state index contributed by atoms with van der Waals surface area (Å²) in [7, 11) is -2.53. The van der Waals surface area contributed by atoms with Crippen LogP contribution in [0.5, 0.6) is 0 Å². The molecule has 0 aromatic heterocycles. The molecule has 1 N–H and O–H groups in total. The van der Waals surface area contributed by atoms with Crippen molar-refractivity contribution in [1.82, 2.24) is 0 Å². The number of rotatable bonds is 4. The highest BCUT2D eigenvalue weighted by molar-refractivity contribution is 7.30. The molecule has 0 aliphatic heterocycles. The first-order chi connectivity index (χ1) is 5.07. The zero-order chi connectivity index (χ0) is 8.85. The molecule has 0 spiro atoms. The number of carbonyl (C=O) groups is 1. The second kappa shape index (κ2) is 5.10. The van der Waals surface area contributed by atoms with Gasteiger partial charge < -0.3 is 5.11 Å². The SMILES string of the molecule is O=C(O)C(=CCl)CCP(=O)=O. The Labute approximate surface area is 68.7 Å². The molecule has 0 heterocycles. The number of hydrogen-bond acceptors (Lipinski definition) is 3. The minimum absolute atomic E-state index is 0.0441. The quantitative estimate of drug-likeness (QED) is 0.549. The van der Waals surface area contributed by atoms with Gasteiger partial charge in [0.15, 0.2) is 0 Å². The third kappa shape index (κ3) is 4.76. The van der Waals surface area contributed by atoms with Crippen molar-refractivity contribution in [2.24, 2.45) is 0 Å². The minimum Gasteiger partial charge on any atom is -0.478 e. The second-order valence-corrected chi connectivity index (χ2v) is 3.08. The van der Waals surface area contributed by atoms with Gasteiger partial charge in [-0.1, -0.05) is 11.6 Å². The molecule has 0 amide bonds. The van der Waals surface area contributed by atoms with E-state index in [4.69, 9.17) is 16.7 Å². The molecule has 0 bridgehead atoms. The van der Waals surface area contributed by atoms with Gasteiger partial charge in [-0.15, -0.1) is 0 Å². The topological polar surface area (TPSA) is 71.4 Å². The van der Waals surface area contributed by atoms with E-state index in [2.05, 4.69) is 0 Å². The summed E-state index contributed by atoms with van der Waals surface area (Å²) in [6.07, 6.45) is -0.224. The van der Waals surface area contributed by atoms with Crippen LogP contribution in [-0.2, 0) is 13.9 Å². The molecule has 0 atom stereocenters. The molecule has 0 saturated carbocycles. The Morgan fingerprint density at radius 2 is 2.09 bits per heavy atom. The first-order valence-electron chi connectivity index (χ1n) is 2.72. The van der Waals surface area contributed by atoms with Crippen molar-refractivity contribution in [2.45, 2.75) is 6.42 Å². The largest absolute Gasteiger partial charge is 0.478 e. The van der Waals surface area contributed by atoms with E-state index in [0.717, 1.165) is 5.54 Å². The van der Waals surface area contributed by atoms with Gasteiger partial charge >= 0.3 is 13.6 Å². The van der Waals surface area contributed by atoms with Crippen LogP contribution in [-0.4, -0.2) is 17.2 Å². The summed E-state index contributed by atoms with van der Waals surface area (Å²) in [5.74, 6) is -1.18. The molecule has 0 rings (SSSR count). The van der Waals surface area contributed by atoms with Crippen LogP contribution in [0.15, 0.2) is 11.1 Å². The molecule has 0 aliphatic carbocycles. The molecule has 11 heavy (non-hydrogen) atoms. The predicted molar refractivity (Wildman–Crippen MR) is 39.3 cm³/mol. The summed E-state index contributed by atoms with van der Waals surface area (Å²) in [5, 5.41) is 8.34. The molecular weight excluding hydrogens is 190 g/mol. The Kier molecular flexibility index (Phi) is 4.83. The van der Waals surface area contributed by atoms with Gasteiger partial charge in [0.2, 0.25) is 0 Å². The second-order valence-electron chi connectivity index (χ2n) is 1.75. The van der Waals surface area contributed by atoms with E-state index in [1.54, 1.807) is 0 Å². The molecule has 6 heteroatoms. The normalized spacial score (nSPS) is 11.2. The molecule has 0 fully saturated rings. The van der Waals surface area contributed by atoms with Crippen molar-refractivity contribution in [3.63, 3.8) is 0 Å². The van der Waals surface area contributed by atoms with Crippen LogP contribution in [0.2, 0.25) is 0 Å². The average molecular weight is 197 g/mol. The first-order valence-corrected chi connectivity index (χ1v) is 4.52. The lowest BCUT2D eigenvalue weighted by Gasteiger charge is -1.93. The van der Waals surface area contributed by atoms with Gasteiger partial charge in [0.05, 0.1) is 6.16 Å². The van der Waals surface area contributed by atoms with E-state index in [-0.39, 0.29) is 18.2 Å². The standard InChI is InChI=1S/C5H6ClO4P/c6-3-4(5(7)8)1-2-11(9)10/h3H,1-2H2,(H,7,8). The van der Waals surface area contributed by atoms with Gasteiger partial charge in [0.1, 0.15) is 0 Å². The molecule has 0 saturated heterocycles. The third-order valence-corrected chi connectivity index (χ3v) is 1.82. The molecule has 0 aromatic carbocycles. The van der Waals surface area contributed by atoms with E-state index in [9.17, 15) is 13.9 Å². The fourth-order valence-electron chi connectivity index (χ4n) is 0.420. The summed E-state index contributed by atoms with van der Waals surface area (Å²) in [4.78, 5) is 10.2. The van der Waals surface area contributed by atoms with Gasteiger partial charge in [-0.05, 0) is 6.42 Å². The molecule has 0 unspecified atom stereocenters. The van der Waals surface area contributed by atoms with Crippen molar-refractivity contribution in [3.8, 4) is 0 Å². The lowest BCUT2D eigenvalue weighted by atomic mass is 10.2. The number of carboxylic acids is 1. The lowest BCUT2D eigenvalue weighted by molar-refractivity contribution is -0.132. The zero-order valence-electron chi connectivity index (χ0n) is 5.49. The Morgan fingerprint density at radius 1 is 1.55 bits per heavy atom. The van der Waals surface area contributed by atoms with Crippen molar-refractivity contribution in [2.75, 3.05) is 6.16 Å². The number of carboxylic acid groups (broad SMARTS) is 1. The Balaban J connectivity index is 4.02. The summed E-state index contributed by atoms with van der Waals surface area (Å²) in [6.45, 7) is 0. The van der Waals surface area contributed by atoms with E-state index in [1.165, 1.54) is 0 Å². The van der Waals surface area contributed by atoms with Gasteiger partial charge in [0.25, 0.3) is 0 Å². The minimum atomic E-state index is -2.53. The van der Waals surface area contributed by atoms with E-state index in [1.807, 2.05) is 0 Å². The fourth-order valence-corrected chi connectivity index (χ4v) is 1.05. The van der Waals surface area contributed by atoms with Crippen molar-refractivity contribution >= 4 is 25.3 Å². The molecule has 0 aromatic rings. The van der Waals surface area contributed by atoms with Crippen LogP contribution in [0.4, 0.5) is 0 Å². The maximum absolute atomic E-state index is 10.2. The van der Waals surface area contributed by atoms with Crippen LogP contribution < -0.4 is 0 Å². The van der Waals surface area contributed by atoms with E-state index in [0.29, 0.717) is 0 Å². The molecular formula is C5H6ClO4P. The highest BCUT2D eigenvalue weighted by Crippen LogP contribution is 2.11. The molecule has 4 nitrogen and oxygen atoms in total. The lowest BCUT2D eigenvalue weighted by Crippen LogP contribution is -2.00. The fraction of sp³-hybridized carbons (Fsp3) is 0.400. The maximum Gasteiger partial charge on any atom is 0.332 e. The van der Waals surface area contributed by atoms with Crippen LogP contribution in [0.25, 0.3) is 0 Å². The monoisotopic (exact) mass is 196 g/mol. The Bertz CT molecular complexity index is 235. The summed E-state index contributed by atoms with van der Waals surface area (Å²) < 4.78 is 20.0. The van der Waals surface area contributed by atoms with Crippen molar-refractivity contribution in [1.29, 1.82) is 0 Å². The van der Waals surface area contributed by atoms with Gasteiger partial charge in [0, 0.05) is 11.1 Å². The van der Waals surface area contributed by atoms with Gasteiger partial charge in [-0.2, -0.15) is 0 Å². The van der Waals surface area contributed by atoms with Gasteiger partial charge in [-0.25, -0.2) is 13.9 Å². The number of hydrogen-bond donors (Lipinski definition) is 1. The smallest absolute Gasteiger partial charge is 0.332 e. The highest BCUT2D eigenvalue weighted by Gasteiger charge is 2.06.